The Morgan fingerprint density at radius 3 is 2.07 bits per heavy atom. The van der Waals surface area contributed by atoms with Gasteiger partial charge in [-0.3, -0.25) is 4.79 Å². The Morgan fingerprint density at radius 2 is 1.55 bits per heavy atom. The van der Waals surface area contributed by atoms with Crippen molar-refractivity contribution in [3.8, 4) is 22.6 Å². The average molecular weight is 592 g/mol. The van der Waals surface area contributed by atoms with Crippen LogP contribution >= 0.6 is 10.5 Å². The molecule has 0 spiro atoms. The highest BCUT2D eigenvalue weighted by Crippen LogP contribution is 2.31. The third-order valence-corrected chi connectivity index (χ3v) is 8.28. The summed E-state index contributed by atoms with van der Waals surface area (Å²) in [4.78, 5) is 22.1. The van der Waals surface area contributed by atoms with E-state index < -0.39 is 0 Å². The molecular weight excluding hydrogens is 548 g/mol. The van der Waals surface area contributed by atoms with E-state index in [1.54, 1.807) is 14.2 Å². The third-order valence-electron chi connectivity index (χ3n) is 6.82. The first-order valence-corrected chi connectivity index (χ1v) is 15.9. The van der Waals surface area contributed by atoms with Crippen molar-refractivity contribution in [2.24, 2.45) is 0 Å². The molecule has 3 heterocycles. The molecule has 9 heteroatoms. The molecule has 0 radical (unpaired) electrons. The van der Waals surface area contributed by atoms with Crippen molar-refractivity contribution in [2.75, 3.05) is 45.3 Å². The quantitative estimate of drug-likeness (QED) is 0.204. The van der Waals surface area contributed by atoms with Crippen molar-refractivity contribution in [1.29, 1.82) is 0 Å². The maximum Gasteiger partial charge on any atom is 0.256 e. The number of hydrogen-bond acceptors (Lipinski definition) is 6. The number of carbonyl (C=O) groups excluding carboxylic acids is 1. The van der Waals surface area contributed by atoms with E-state index in [-0.39, 0.29) is 16.4 Å². The number of anilines is 1. The Kier molecular flexibility index (Phi) is 11.0. The number of piperazine rings is 1. The Bertz CT molecular complexity index is 1370. The molecule has 1 aliphatic rings. The SMILES string of the molecule is CC(C)OC(C)C.COc1cc(OC)cc(N2CCN(C(=O)c3cn(C[s+]4ccnc4)cc3-c3ccccc3)CC2)c1. The van der Waals surface area contributed by atoms with Crippen molar-refractivity contribution in [3.63, 3.8) is 0 Å². The normalized spacial score (nSPS) is 13.7. The van der Waals surface area contributed by atoms with E-state index in [1.165, 1.54) is 0 Å². The number of nitrogens with zero attached hydrogens (tertiary/aromatic N) is 4. The van der Waals surface area contributed by atoms with Crippen LogP contribution in [0.5, 0.6) is 11.5 Å². The molecule has 0 aliphatic carbocycles. The second-order valence-electron chi connectivity index (χ2n) is 10.7. The fourth-order valence-corrected chi connectivity index (χ4v) is 6.14. The van der Waals surface area contributed by atoms with Gasteiger partial charge in [0, 0.05) is 78.5 Å². The summed E-state index contributed by atoms with van der Waals surface area (Å²) in [5, 5.41) is 2.11. The minimum Gasteiger partial charge on any atom is -0.497 e. The molecule has 1 unspecified atom stereocenters. The van der Waals surface area contributed by atoms with Gasteiger partial charge < -0.3 is 28.6 Å². The molecule has 1 amide bonds. The lowest BCUT2D eigenvalue weighted by molar-refractivity contribution is 0.0300. The van der Waals surface area contributed by atoms with Crippen LogP contribution in [0.1, 0.15) is 38.1 Å². The van der Waals surface area contributed by atoms with Crippen LogP contribution < -0.4 is 14.4 Å². The second-order valence-corrected chi connectivity index (χ2v) is 12.4. The first-order valence-electron chi connectivity index (χ1n) is 14.3. The van der Waals surface area contributed by atoms with Crippen LogP contribution in [-0.2, 0) is 10.6 Å². The Morgan fingerprint density at radius 1 is 0.905 bits per heavy atom. The summed E-state index contributed by atoms with van der Waals surface area (Å²) in [5.74, 6) is 2.38. The van der Waals surface area contributed by atoms with E-state index in [4.69, 9.17) is 14.2 Å². The third kappa shape index (κ3) is 8.36. The van der Waals surface area contributed by atoms with Gasteiger partial charge in [0.15, 0.2) is 5.38 Å². The fourth-order valence-electron chi connectivity index (χ4n) is 4.97. The molecule has 0 saturated carbocycles. The van der Waals surface area contributed by atoms with E-state index in [0.29, 0.717) is 25.3 Å². The first kappa shape index (κ1) is 31.1. The topological polar surface area (TPSA) is 69.1 Å². The second kappa shape index (κ2) is 14.9. The van der Waals surface area contributed by atoms with Gasteiger partial charge >= 0.3 is 0 Å². The van der Waals surface area contributed by atoms with Crippen molar-refractivity contribution >= 4 is 22.1 Å². The minimum absolute atomic E-state index is 0.0406. The Labute approximate surface area is 252 Å². The highest BCUT2D eigenvalue weighted by molar-refractivity contribution is 7.27. The lowest BCUT2D eigenvalue weighted by Crippen LogP contribution is -2.48. The van der Waals surface area contributed by atoms with E-state index in [2.05, 4.69) is 38.2 Å². The van der Waals surface area contributed by atoms with Crippen molar-refractivity contribution in [3.05, 3.63) is 83.6 Å². The van der Waals surface area contributed by atoms with Crippen LogP contribution in [-0.4, -0.2) is 73.0 Å². The molecule has 4 aromatic rings. The van der Waals surface area contributed by atoms with Crippen LogP contribution in [0.25, 0.3) is 11.1 Å². The Balaban J connectivity index is 0.000000517. The smallest absolute Gasteiger partial charge is 0.256 e. The predicted molar refractivity (Wildman–Crippen MR) is 171 cm³/mol. The Hall–Kier alpha value is -3.82. The average Bonchev–Trinajstić information content (AvgIpc) is 3.67. The summed E-state index contributed by atoms with van der Waals surface area (Å²) in [5.41, 5.74) is 5.78. The molecule has 1 saturated heterocycles. The lowest BCUT2D eigenvalue weighted by Gasteiger charge is -2.36. The zero-order valence-corrected chi connectivity index (χ0v) is 26.3. The van der Waals surface area contributed by atoms with Crippen LogP contribution in [0.15, 0.2) is 78.0 Å². The van der Waals surface area contributed by atoms with Gasteiger partial charge in [-0.05, 0) is 33.3 Å². The van der Waals surface area contributed by atoms with Gasteiger partial charge in [-0.1, -0.05) is 30.3 Å². The summed E-state index contributed by atoms with van der Waals surface area (Å²) in [6.07, 6.45) is 6.68. The lowest BCUT2D eigenvalue weighted by atomic mass is 10.0. The van der Waals surface area contributed by atoms with Gasteiger partial charge in [-0.15, -0.1) is 0 Å². The van der Waals surface area contributed by atoms with E-state index in [9.17, 15) is 4.79 Å². The van der Waals surface area contributed by atoms with Gasteiger partial charge in [0.2, 0.25) is 11.4 Å². The number of amides is 1. The van der Waals surface area contributed by atoms with Crippen LogP contribution in [0.3, 0.4) is 0 Å². The molecule has 1 aliphatic heterocycles. The molecule has 5 rings (SSSR count). The van der Waals surface area contributed by atoms with E-state index in [1.807, 2.05) is 86.9 Å². The molecule has 2 aromatic carbocycles. The molecule has 8 nitrogen and oxygen atoms in total. The number of benzene rings is 2. The zero-order valence-electron chi connectivity index (χ0n) is 25.5. The summed E-state index contributed by atoms with van der Waals surface area (Å²) in [6.45, 7) is 11.0. The van der Waals surface area contributed by atoms with Gasteiger partial charge in [-0.2, -0.15) is 0 Å². The number of thiazole rings is 1. The molecule has 42 heavy (non-hydrogen) atoms. The maximum atomic E-state index is 13.7. The predicted octanol–water partition coefficient (Wildman–Crippen LogP) is 6.60. The highest BCUT2D eigenvalue weighted by atomic mass is 32.2. The molecular formula is C33H43N4O4S+. The molecule has 1 atom stereocenters. The van der Waals surface area contributed by atoms with Gasteiger partial charge in [0.25, 0.3) is 5.91 Å². The van der Waals surface area contributed by atoms with Crippen LogP contribution in [0.4, 0.5) is 5.69 Å². The van der Waals surface area contributed by atoms with Crippen molar-refractivity contribution < 1.29 is 19.0 Å². The van der Waals surface area contributed by atoms with Crippen LogP contribution in [0.2, 0.25) is 0 Å². The van der Waals surface area contributed by atoms with Gasteiger partial charge in [0.1, 0.15) is 11.5 Å². The van der Waals surface area contributed by atoms with Crippen LogP contribution in [0, 0.1) is 0 Å². The number of carbonyl (C=O) groups is 1. The molecule has 0 bridgehead atoms. The molecule has 2 aromatic heterocycles. The summed E-state index contributed by atoms with van der Waals surface area (Å²) < 4.78 is 18.2. The minimum atomic E-state index is -0.0406. The number of rotatable bonds is 9. The van der Waals surface area contributed by atoms with E-state index in [0.717, 1.165) is 52.8 Å². The number of ether oxygens (including phenoxy) is 3. The van der Waals surface area contributed by atoms with Gasteiger partial charge in [-0.25, -0.2) is 4.98 Å². The number of methoxy groups -OCH3 is 2. The molecule has 1 fully saturated rings. The number of aromatic nitrogens is 2. The zero-order chi connectivity index (χ0) is 30.1. The van der Waals surface area contributed by atoms with Gasteiger partial charge in [0.05, 0.1) is 38.2 Å². The largest absolute Gasteiger partial charge is 0.497 e. The summed E-state index contributed by atoms with van der Waals surface area (Å²) in [7, 11) is 3.27. The summed E-state index contributed by atoms with van der Waals surface area (Å²) in [6, 6.07) is 16.0. The number of hydrogen-bond donors (Lipinski definition) is 0. The monoisotopic (exact) mass is 591 g/mol. The molecule has 0 N–H and O–H groups in total. The maximum absolute atomic E-state index is 13.7. The fraction of sp³-hybridized carbons (Fsp3) is 0.394. The molecule has 224 valence electrons. The highest BCUT2D eigenvalue weighted by Gasteiger charge is 2.26. The van der Waals surface area contributed by atoms with E-state index >= 15 is 0 Å². The standard InChI is InChI=1S/C27H29N4O3S.C6H14O/c1-33-23-14-22(15-24(16-23)34-2)30-9-11-31(12-10-30)27(32)26-18-29(20-35-13-8-28-19-35)17-25(26)21-6-4-3-5-7-21;1-5(2)7-6(3)4/h3-8,13-19H,9-12,20H2,1-2H3;5-6H,1-4H3/q+1;. The first-order chi connectivity index (χ1) is 20.3. The van der Waals surface area contributed by atoms with Crippen molar-refractivity contribution in [1.82, 2.24) is 14.5 Å². The summed E-state index contributed by atoms with van der Waals surface area (Å²) >= 11 is 0. The van der Waals surface area contributed by atoms with Crippen molar-refractivity contribution in [2.45, 2.75) is 45.8 Å².